The van der Waals surface area contributed by atoms with Crippen molar-refractivity contribution in [2.45, 2.75) is 32.0 Å². The fourth-order valence-corrected chi connectivity index (χ4v) is 2.49. The minimum absolute atomic E-state index is 0. The summed E-state index contributed by atoms with van der Waals surface area (Å²) < 4.78 is 10.8. The smallest absolute Gasteiger partial charge is 0.191 e. The molecule has 1 aliphatic rings. The highest BCUT2D eigenvalue weighted by Crippen LogP contribution is 2.19. The first kappa shape index (κ1) is 21.0. The molecule has 2 unspecified atom stereocenters. The largest absolute Gasteiger partial charge is 0.497 e. The van der Waals surface area contributed by atoms with Gasteiger partial charge in [0, 0.05) is 19.7 Å². The van der Waals surface area contributed by atoms with Gasteiger partial charge in [0.15, 0.2) is 5.96 Å². The Labute approximate surface area is 161 Å². The van der Waals surface area contributed by atoms with Crippen molar-refractivity contribution in [3.8, 4) is 5.75 Å². The highest BCUT2D eigenvalue weighted by Gasteiger charge is 2.15. The summed E-state index contributed by atoms with van der Waals surface area (Å²) in [5.41, 5.74) is 0.795. The van der Waals surface area contributed by atoms with E-state index in [1.54, 1.807) is 7.11 Å². The van der Waals surface area contributed by atoms with Gasteiger partial charge in [0.05, 0.1) is 25.9 Å². The van der Waals surface area contributed by atoms with Crippen molar-refractivity contribution in [2.75, 3.05) is 33.4 Å². The molecule has 0 aromatic heterocycles. The van der Waals surface area contributed by atoms with E-state index < -0.39 is 6.10 Å². The van der Waals surface area contributed by atoms with Crippen molar-refractivity contribution < 1.29 is 14.6 Å². The molecular formula is C17H28IN3O3. The molecule has 1 aliphatic heterocycles. The molecule has 1 heterocycles. The molecule has 0 aliphatic carbocycles. The fourth-order valence-electron chi connectivity index (χ4n) is 2.49. The maximum absolute atomic E-state index is 10.3. The topological polar surface area (TPSA) is 75.1 Å². The van der Waals surface area contributed by atoms with Crippen LogP contribution >= 0.6 is 24.0 Å². The number of guanidine groups is 1. The lowest BCUT2D eigenvalue weighted by molar-refractivity contribution is 0.113. The van der Waals surface area contributed by atoms with E-state index >= 15 is 0 Å². The number of aliphatic hydroxyl groups is 1. The normalized spacial score (nSPS) is 18.6. The van der Waals surface area contributed by atoms with Gasteiger partial charge in [0.1, 0.15) is 5.75 Å². The third kappa shape index (κ3) is 6.82. The number of aliphatic imine (C=N–C) groups is 1. The Kier molecular flexibility index (Phi) is 10.0. The third-order valence-corrected chi connectivity index (χ3v) is 3.77. The molecule has 2 atom stereocenters. The number of nitrogens with zero attached hydrogens (tertiary/aromatic N) is 1. The van der Waals surface area contributed by atoms with Gasteiger partial charge in [-0.3, -0.25) is 4.99 Å². The number of hydrogen-bond donors (Lipinski definition) is 3. The molecule has 7 heteroatoms. The highest BCUT2D eigenvalue weighted by atomic mass is 127. The van der Waals surface area contributed by atoms with Crippen LogP contribution in [0.3, 0.4) is 0 Å². The molecule has 1 aromatic rings. The van der Waals surface area contributed by atoms with Crippen LogP contribution in [0.25, 0.3) is 0 Å². The Morgan fingerprint density at radius 3 is 2.96 bits per heavy atom. The SMILES string of the molecule is CCNC(=NCC(O)c1cccc(OC)c1)NCC1CCCO1.I. The number of benzene rings is 1. The van der Waals surface area contributed by atoms with Gasteiger partial charge in [-0.2, -0.15) is 0 Å². The summed E-state index contributed by atoms with van der Waals surface area (Å²) >= 11 is 0. The molecule has 1 fully saturated rings. The average Bonchev–Trinajstić information content (AvgIpc) is 3.10. The second-order valence-electron chi connectivity index (χ2n) is 5.53. The van der Waals surface area contributed by atoms with Crippen LogP contribution in [0.1, 0.15) is 31.4 Å². The summed E-state index contributed by atoms with van der Waals surface area (Å²) in [6.45, 7) is 4.65. The van der Waals surface area contributed by atoms with Crippen LogP contribution in [0.4, 0.5) is 0 Å². The zero-order valence-corrected chi connectivity index (χ0v) is 16.7. The van der Waals surface area contributed by atoms with Crippen LogP contribution in [0.5, 0.6) is 5.75 Å². The van der Waals surface area contributed by atoms with Gasteiger partial charge in [-0.05, 0) is 37.5 Å². The molecule has 0 spiro atoms. The van der Waals surface area contributed by atoms with Gasteiger partial charge >= 0.3 is 0 Å². The molecule has 0 radical (unpaired) electrons. The molecule has 3 N–H and O–H groups in total. The van der Waals surface area contributed by atoms with Gasteiger partial charge in [-0.25, -0.2) is 0 Å². The Balaban J connectivity index is 0.00000288. The van der Waals surface area contributed by atoms with Gasteiger partial charge in [-0.1, -0.05) is 12.1 Å². The molecule has 1 saturated heterocycles. The Morgan fingerprint density at radius 1 is 1.46 bits per heavy atom. The maximum Gasteiger partial charge on any atom is 0.191 e. The molecule has 0 amide bonds. The second-order valence-corrected chi connectivity index (χ2v) is 5.53. The Hall–Kier alpha value is -1.06. The quantitative estimate of drug-likeness (QED) is 0.338. The van der Waals surface area contributed by atoms with Crippen molar-refractivity contribution in [3.05, 3.63) is 29.8 Å². The number of halogens is 1. The maximum atomic E-state index is 10.3. The van der Waals surface area contributed by atoms with E-state index in [0.29, 0.717) is 5.96 Å². The van der Waals surface area contributed by atoms with Crippen molar-refractivity contribution in [1.82, 2.24) is 10.6 Å². The molecule has 24 heavy (non-hydrogen) atoms. The minimum Gasteiger partial charge on any atom is -0.497 e. The van der Waals surface area contributed by atoms with Crippen molar-refractivity contribution in [1.29, 1.82) is 0 Å². The number of rotatable bonds is 7. The van der Waals surface area contributed by atoms with E-state index in [4.69, 9.17) is 9.47 Å². The molecule has 136 valence electrons. The number of ether oxygens (including phenoxy) is 2. The predicted molar refractivity (Wildman–Crippen MR) is 106 cm³/mol. The second kappa shape index (κ2) is 11.5. The zero-order chi connectivity index (χ0) is 16.5. The van der Waals surface area contributed by atoms with Crippen molar-refractivity contribution >= 4 is 29.9 Å². The molecule has 1 aromatic carbocycles. The zero-order valence-electron chi connectivity index (χ0n) is 14.3. The number of aliphatic hydroxyl groups excluding tert-OH is 1. The Morgan fingerprint density at radius 2 is 2.29 bits per heavy atom. The minimum atomic E-state index is -0.664. The monoisotopic (exact) mass is 449 g/mol. The molecule has 0 bridgehead atoms. The third-order valence-electron chi connectivity index (χ3n) is 3.77. The standard InChI is InChI=1S/C17H27N3O3.HI/c1-3-18-17(19-11-15-8-5-9-23-15)20-12-16(21)13-6-4-7-14(10-13)22-2;/h4,6-7,10,15-16,21H,3,5,8-9,11-12H2,1-2H3,(H2,18,19,20);1H. The first-order chi connectivity index (χ1) is 11.2. The number of hydrogen-bond acceptors (Lipinski definition) is 4. The van der Waals surface area contributed by atoms with E-state index in [1.807, 2.05) is 31.2 Å². The summed E-state index contributed by atoms with van der Waals surface area (Å²) in [7, 11) is 1.61. The van der Waals surface area contributed by atoms with Crippen molar-refractivity contribution in [2.24, 2.45) is 4.99 Å². The molecule has 2 rings (SSSR count). The van der Waals surface area contributed by atoms with E-state index in [-0.39, 0.29) is 36.6 Å². The van der Waals surface area contributed by atoms with Crippen LogP contribution < -0.4 is 15.4 Å². The van der Waals surface area contributed by atoms with E-state index in [9.17, 15) is 5.11 Å². The van der Waals surface area contributed by atoms with Gasteiger partial charge in [0.2, 0.25) is 0 Å². The van der Waals surface area contributed by atoms with Gasteiger partial charge in [0.25, 0.3) is 0 Å². The van der Waals surface area contributed by atoms with Crippen LogP contribution in [-0.2, 0) is 4.74 Å². The molecule has 0 saturated carbocycles. The van der Waals surface area contributed by atoms with Gasteiger partial charge in [-0.15, -0.1) is 24.0 Å². The van der Waals surface area contributed by atoms with E-state index in [0.717, 1.165) is 43.9 Å². The van der Waals surface area contributed by atoms with Crippen LogP contribution in [-0.4, -0.2) is 50.5 Å². The van der Waals surface area contributed by atoms with E-state index in [2.05, 4.69) is 15.6 Å². The van der Waals surface area contributed by atoms with Crippen LogP contribution in [0, 0.1) is 0 Å². The van der Waals surface area contributed by atoms with Crippen molar-refractivity contribution in [3.63, 3.8) is 0 Å². The molecular weight excluding hydrogens is 421 g/mol. The molecule has 6 nitrogen and oxygen atoms in total. The average molecular weight is 449 g/mol. The lowest BCUT2D eigenvalue weighted by Crippen LogP contribution is -2.41. The summed E-state index contributed by atoms with van der Waals surface area (Å²) in [4.78, 5) is 4.45. The summed E-state index contributed by atoms with van der Waals surface area (Å²) in [6.07, 6.45) is 1.79. The number of nitrogens with one attached hydrogen (secondary N) is 2. The van der Waals surface area contributed by atoms with Gasteiger partial charge < -0.3 is 25.2 Å². The lowest BCUT2D eigenvalue weighted by atomic mass is 10.1. The number of methoxy groups -OCH3 is 1. The fraction of sp³-hybridized carbons (Fsp3) is 0.588. The van der Waals surface area contributed by atoms with Crippen LogP contribution in [0.15, 0.2) is 29.3 Å². The van der Waals surface area contributed by atoms with E-state index in [1.165, 1.54) is 0 Å². The Bertz CT molecular complexity index is 508. The van der Waals surface area contributed by atoms with Crippen LogP contribution in [0.2, 0.25) is 0 Å². The lowest BCUT2D eigenvalue weighted by Gasteiger charge is -2.16. The summed E-state index contributed by atoms with van der Waals surface area (Å²) in [5.74, 6) is 1.43. The first-order valence-electron chi connectivity index (χ1n) is 8.18. The highest BCUT2D eigenvalue weighted by molar-refractivity contribution is 14.0. The first-order valence-corrected chi connectivity index (χ1v) is 8.18. The predicted octanol–water partition coefficient (Wildman–Crippen LogP) is 2.08. The summed E-state index contributed by atoms with van der Waals surface area (Å²) in [6, 6.07) is 7.41. The summed E-state index contributed by atoms with van der Waals surface area (Å²) in [5, 5.41) is 16.7.